The Labute approximate surface area is 78.6 Å². The Hall–Kier alpha value is -0.860. The summed E-state index contributed by atoms with van der Waals surface area (Å²) in [4.78, 5) is 0. The summed E-state index contributed by atoms with van der Waals surface area (Å²) in [6.07, 6.45) is 1.13. The van der Waals surface area contributed by atoms with Crippen LogP contribution in [-0.4, -0.2) is 24.3 Å². The molecular weight excluding hydrogens is 162 g/mol. The lowest BCUT2D eigenvalue weighted by Crippen LogP contribution is -2.29. The van der Waals surface area contributed by atoms with E-state index in [0.29, 0.717) is 5.92 Å². The van der Waals surface area contributed by atoms with E-state index in [1.54, 1.807) is 0 Å². The Morgan fingerprint density at radius 3 is 2.77 bits per heavy atom. The van der Waals surface area contributed by atoms with Gasteiger partial charge < -0.3 is 10.4 Å². The van der Waals surface area contributed by atoms with Gasteiger partial charge in [-0.2, -0.15) is 0 Å². The normalized spacial score (nSPS) is 27.8. The second-order valence-corrected chi connectivity index (χ2v) is 3.55. The molecule has 2 rings (SSSR count). The molecule has 1 fully saturated rings. The van der Waals surface area contributed by atoms with Crippen LogP contribution in [0, 0.1) is 0 Å². The molecule has 1 saturated heterocycles. The highest BCUT2D eigenvalue weighted by molar-refractivity contribution is 5.22. The smallest absolute Gasteiger partial charge is 0.0590 e. The second-order valence-electron chi connectivity index (χ2n) is 3.55. The highest BCUT2D eigenvalue weighted by Gasteiger charge is 2.26. The molecular formula is C11H15NO. The fourth-order valence-corrected chi connectivity index (χ4v) is 2.06. The third kappa shape index (κ3) is 1.74. The molecule has 0 spiro atoms. The highest BCUT2D eigenvalue weighted by Crippen LogP contribution is 2.26. The zero-order valence-corrected chi connectivity index (χ0v) is 7.61. The summed E-state index contributed by atoms with van der Waals surface area (Å²) in [6.45, 7) is 1.25. The molecule has 2 nitrogen and oxygen atoms in total. The Morgan fingerprint density at radius 2 is 2.08 bits per heavy atom. The zero-order valence-electron chi connectivity index (χ0n) is 7.61. The fourth-order valence-electron chi connectivity index (χ4n) is 2.06. The van der Waals surface area contributed by atoms with Crippen LogP contribution in [0.15, 0.2) is 30.3 Å². The predicted octanol–water partition coefficient (Wildman–Crippen LogP) is 1.12. The lowest BCUT2D eigenvalue weighted by atomic mass is 9.92. The number of nitrogens with one attached hydrogen (secondary N) is 1. The summed E-state index contributed by atoms with van der Waals surface area (Å²) in [7, 11) is 0. The summed E-state index contributed by atoms with van der Waals surface area (Å²) in [5, 5.41) is 12.4. The fraction of sp³-hybridized carbons (Fsp3) is 0.455. The van der Waals surface area contributed by atoms with Gasteiger partial charge in [0, 0.05) is 12.0 Å². The molecule has 2 heteroatoms. The van der Waals surface area contributed by atoms with Crippen molar-refractivity contribution in [2.45, 2.75) is 18.4 Å². The Bertz CT molecular complexity index is 260. The maximum absolute atomic E-state index is 9.14. The van der Waals surface area contributed by atoms with Gasteiger partial charge in [0.2, 0.25) is 0 Å². The Morgan fingerprint density at radius 1 is 1.31 bits per heavy atom. The Kier molecular flexibility index (Phi) is 2.62. The van der Waals surface area contributed by atoms with Gasteiger partial charge in [0.1, 0.15) is 0 Å². The van der Waals surface area contributed by atoms with E-state index in [9.17, 15) is 0 Å². The van der Waals surface area contributed by atoms with Gasteiger partial charge in [-0.25, -0.2) is 0 Å². The molecule has 1 aliphatic rings. The van der Waals surface area contributed by atoms with Gasteiger partial charge >= 0.3 is 0 Å². The topological polar surface area (TPSA) is 32.3 Å². The van der Waals surface area contributed by atoms with Crippen LogP contribution in [0.2, 0.25) is 0 Å². The number of hydrogen-bond donors (Lipinski definition) is 2. The molecule has 2 N–H and O–H groups in total. The van der Waals surface area contributed by atoms with Gasteiger partial charge in [-0.3, -0.25) is 0 Å². The van der Waals surface area contributed by atoms with Gasteiger partial charge in [0.05, 0.1) is 6.61 Å². The molecule has 0 unspecified atom stereocenters. The molecule has 0 radical (unpaired) electrons. The quantitative estimate of drug-likeness (QED) is 0.709. The average Bonchev–Trinajstić information content (AvgIpc) is 2.67. The molecule has 0 bridgehead atoms. The van der Waals surface area contributed by atoms with E-state index in [2.05, 4.69) is 29.6 Å². The van der Waals surface area contributed by atoms with Crippen LogP contribution in [-0.2, 0) is 0 Å². The van der Waals surface area contributed by atoms with E-state index in [-0.39, 0.29) is 12.6 Å². The minimum Gasteiger partial charge on any atom is -0.395 e. The standard InChI is InChI=1S/C11H15NO/c13-8-11-10(6-7-12-11)9-4-2-1-3-5-9/h1-5,10-13H,6-8H2/t10-,11+/m0/s1. The van der Waals surface area contributed by atoms with Crippen LogP contribution >= 0.6 is 0 Å². The molecule has 1 aromatic carbocycles. The first-order chi connectivity index (χ1) is 6.42. The number of aliphatic hydroxyl groups excluding tert-OH is 1. The molecule has 0 saturated carbocycles. The van der Waals surface area contributed by atoms with Crippen molar-refractivity contribution >= 4 is 0 Å². The molecule has 0 aromatic heterocycles. The monoisotopic (exact) mass is 177 g/mol. The van der Waals surface area contributed by atoms with Gasteiger partial charge in [-0.15, -0.1) is 0 Å². The van der Waals surface area contributed by atoms with Crippen molar-refractivity contribution in [2.24, 2.45) is 0 Å². The number of rotatable bonds is 2. The maximum Gasteiger partial charge on any atom is 0.0590 e. The molecule has 2 atom stereocenters. The van der Waals surface area contributed by atoms with Crippen LogP contribution in [0.5, 0.6) is 0 Å². The first-order valence-electron chi connectivity index (χ1n) is 4.81. The van der Waals surface area contributed by atoms with Crippen molar-refractivity contribution in [1.29, 1.82) is 0 Å². The third-order valence-corrected chi connectivity index (χ3v) is 2.77. The SMILES string of the molecule is OC[C@H]1NCC[C@H]1c1ccccc1. The van der Waals surface area contributed by atoms with Crippen molar-refractivity contribution in [1.82, 2.24) is 5.32 Å². The minimum atomic E-state index is 0.236. The predicted molar refractivity (Wildman–Crippen MR) is 52.7 cm³/mol. The molecule has 1 aromatic rings. The van der Waals surface area contributed by atoms with Crippen molar-refractivity contribution in [3.63, 3.8) is 0 Å². The largest absolute Gasteiger partial charge is 0.395 e. The van der Waals surface area contributed by atoms with E-state index in [4.69, 9.17) is 5.11 Å². The molecule has 1 heterocycles. The molecule has 0 aliphatic carbocycles. The number of aliphatic hydroxyl groups is 1. The highest BCUT2D eigenvalue weighted by atomic mass is 16.3. The van der Waals surface area contributed by atoms with E-state index in [1.165, 1.54) is 5.56 Å². The number of benzene rings is 1. The molecule has 13 heavy (non-hydrogen) atoms. The van der Waals surface area contributed by atoms with Gasteiger partial charge in [-0.05, 0) is 18.5 Å². The lowest BCUT2D eigenvalue weighted by molar-refractivity contribution is 0.245. The summed E-state index contributed by atoms with van der Waals surface area (Å²) >= 11 is 0. The van der Waals surface area contributed by atoms with Crippen molar-refractivity contribution < 1.29 is 5.11 Å². The van der Waals surface area contributed by atoms with Crippen LogP contribution in [0.3, 0.4) is 0 Å². The zero-order chi connectivity index (χ0) is 9.10. The second kappa shape index (κ2) is 3.90. The van der Waals surface area contributed by atoms with Crippen molar-refractivity contribution in [3.05, 3.63) is 35.9 Å². The Balaban J connectivity index is 2.16. The van der Waals surface area contributed by atoms with Crippen molar-refractivity contribution in [3.8, 4) is 0 Å². The summed E-state index contributed by atoms with van der Waals surface area (Å²) < 4.78 is 0. The first-order valence-corrected chi connectivity index (χ1v) is 4.81. The van der Waals surface area contributed by atoms with Crippen LogP contribution in [0.1, 0.15) is 17.9 Å². The lowest BCUT2D eigenvalue weighted by Gasteiger charge is -2.17. The first kappa shape index (κ1) is 8.73. The number of hydrogen-bond acceptors (Lipinski definition) is 2. The minimum absolute atomic E-state index is 0.236. The van der Waals surface area contributed by atoms with Gasteiger partial charge in [0.15, 0.2) is 0 Å². The molecule has 1 aliphatic heterocycles. The average molecular weight is 177 g/mol. The van der Waals surface area contributed by atoms with E-state index in [1.807, 2.05) is 6.07 Å². The summed E-state index contributed by atoms with van der Waals surface area (Å²) in [5.41, 5.74) is 1.34. The third-order valence-electron chi connectivity index (χ3n) is 2.77. The van der Waals surface area contributed by atoms with Gasteiger partial charge in [-0.1, -0.05) is 30.3 Å². The van der Waals surface area contributed by atoms with E-state index in [0.717, 1.165) is 13.0 Å². The van der Waals surface area contributed by atoms with E-state index < -0.39 is 0 Å². The summed E-state index contributed by atoms with van der Waals surface area (Å²) in [5.74, 6) is 0.492. The summed E-state index contributed by atoms with van der Waals surface area (Å²) in [6, 6.07) is 10.7. The van der Waals surface area contributed by atoms with Crippen LogP contribution in [0.25, 0.3) is 0 Å². The van der Waals surface area contributed by atoms with Crippen LogP contribution in [0.4, 0.5) is 0 Å². The van der Waals surface area contributed by atoms with Gasteiger partial charge in [0.25, 0.3) is 0 Å². The molecule has 70 valence electrons. The van der Waals surface area contributed by atoms with Crippen LogP contribution < -0.4 is 5.32 Å². The van der Waals surface area contributed by atoms with E-state index >= 15 is 0 Å². The van der Waals surface area contributed by atoms with Crippen molar-refractivity contribution in [2.75, 3.05) is 13.2 Å². The maximum atomic E-state index is 9.14. The molecule has 0 amide bonds.